The summed E-state index contributed by atoms with van der Waals surface area (Å²) < 4.78 is 5.17. The van der Waals surface area contributed by atoms with E-state index in [1.807, 2.05) is 19.0 Å². The number of carbonyl (C=O) groups excluding carboxylic acids is 1. The molecule has 0 bridgehead atoms. The second-order valence-corrected chi connectivity index (χ2v) is 6.18. The first-order chi connectivity index (χ1) is 9.61. The van der Waals surface area contributed by atoms with Crippen LogP contribution in [0.1, 0.15) is 20.4 Å². The van der Waals surface area contributed by atoms with Gasteiger partial charge in [-0.3, -0.25) is 4.79 Å². The number of methoxy groups -OCH3 is 1. The fourth-order valence-electron chi connectivity index (χ4n) is 2.15. The quantitative estimate of drug-likeness (QED) is 0.852. The molecule has 0 saturated carbocycles. The summed E-state index contributed by atoms with van der Waals surface area (Å²) in [5.74, 6) is 0.0843. The standard InChI is InChI=1S/C13H22N4O2S/c1-16(2)8-11-15-10(9-19-3)12(20-11)13(18)17-6-4-14-5-7-17/h14H,4-9H2,1-3H3. The Balaban J connectivity index is 2.18. The largest absolute Gasteiger partial charge is 0.378 e. The highest BCUT2D eigenvalue weighted by Gasteiger charge is 2.24. The van der Waals surface area contributed by atoms with E-state index in [0.717, 1.165) is 48.3 Å². The molecule has 1 amide bonds. The number of rotatable bonds is 5. The van der Waals surface area contributed by atoms with E-state index < -0.39 is 0 Å². The number of hydrogen-bond acceptors (Lipinski definition) is 6. The molecular formula is C13H22N4O2S. The first-order valence-electron chi connectivity index (χ1n) is 6.74. The van der Waals surface area contributed by atoms with Gasteiger partial charge in [0.15, 0.2) is 0 Å². The number of thiazole rings is 1. The van der Waals surface area contributed by atoms with E-state index >= 15 is 0 Å². The summed E-state index contributed by atoms with van der Waals surface area (Å²) in [5, 5.41) is 4.21. The number of hydrogen-bond donors (Lipinski definition) is 1. The molecule has 1 N–H and O–H groups in total. The van der Waals surface area contributed by atoms with Crippen LogP contribution in [0, 0.1) is 0 Å². The van der Waals surface area contributed by atoms with Gasteiger partial charge in [-0.15, -0.1) is 11.3 Å². The average molecular weight is 298 g/mol. The molecule has 1 aromatic heterocycles. The molecule has 0 aliphatic carbocycles. The third-order valence-electron chi connectivity index (χ3n) is 3.07. The number of aromatic nitrogens is 1. The molecule has 7 heteroatoms. The summed E-state index contributed by atoms with van der Waals surface area (Å²) in [6, 6.07) is 0. The summed E-state index contributed by atoms with van der Waals surface area (Å²) in [4.78, 5) is 21.8. The van der Waals surface area contributed by atoms with Crippen LogP contribution in [0.5, 0.6) is 0 Å². The van der Waals surface area contributed by atoms with Gasteiger partial charge in [0.2, 0.25) is 0 Å². The van der Waals surface area contributed by atoms with Crippen LogP contribution in [-0.2, 0) is 17.9 Å². The normalized spacial score (nSPS) is 15.9. The van der Waals surface area contributed by atoms with E-state index in [0.29, 0.717) is 6.61 Å². The summed E-state index contributed by atoms with van der Waals surface area (Å²) in [5.41, 5.74) is 0.762. The zero-order chi connectivity index (χ0) is 14.5. The third kappa shape index (κ3) is 3.76. The Morgan fingerprint density at radius 3 is 2.75 bits per heavy atom. The third-order valence-corrected chi connectivity index (χ3v) is 4.14. The Hall–Kier alpha value is -1.02. The Bertz CT molecular complexity index is 455. The van der Waals surface area contributed by atoms with Crippen LogP contribution in [0.25, 0.3) is 0 Å². The Labute approximate surface area is 123 Å². The number of carbonyl (C=O) groups is 1. The minimum atomic E-state index is 0.0843. The number of nitrogens with one attached hydrogen (secondary N) is 1. The van der Waals surface area contributed by atoms with Gasteiger partial charge in [0, 0.05) is 39.8 Å². The first-order valence-corrected chi connectivity index (χ1v) is 7.55. The first kappa shape index (κ1) is 15.4. The molecule has 20 heavy (non-hydrogen) atoms. The Morgan fingerprint density at radius 1 is 1.45 bits per heavy atom. The van der Waals surface area contributed by atoms with Crippen LogP contribution in [-0.4, -0.2) is 68.1 Å². The van der Waals surface area contributed by atoms with Crippen molar-refractivity contribution in [3.63, 3.8) is 0 Å². The maximum Gasteiger partial charge on any atom is 0.266 e. The number of piperazine rings is 1. The predicted molar refractivity (Wildman–Crippen MR) is 79.0 cm³/mol. The molecule has 1 fully saturated rings. The lowest BCUT2D eigenvalue weighted by molar-refractivity contribution is 0.0735. The van der Waals surface area contributed by atoms with Crippen LogP contribution in [0.3, 0.4) is 0 Å². The fourth-order valence-corrected chi connectivity index (χ4v) is 3.31. The zero-order valence-corrected chi connectivity index (χ0v) is 13.1. The Morgan fingerprint density at radius 2 is 2.15 bits per heavy atom. The lowest BCUT2D eigenvalue weighted by Crippen LogP contribution is -2.46. The van der Waals surface area contributed by atoms with Gasteiger partial charge >= 0.3 is 0 Å². The highest BCUT2D eigenvalue weighted by molar-refractivity contribution is 7.13. The topological polar surface area (TPSA) is 57.7 Å². The van der Waals surface area contributed by atoms with Crippen molar-refractivity contribution in [2.45, 2.75) is 13.2 Å². The number of amides is 1. The van der Waals surface area contributed by atoms with E-state index in [1.54, 1.807) is 7.11 Å². The van der Waals surface area contributed by atoms with Crippen molar-refractivity contribution < 1.29 is 9.53 Å². The molecule has 0 unspecified atom stereocenters. The van der Waals surface area contributed by atoms with E-state index in [2.05, 4.69) is 15.2 Å². The van der Waals surface area contributed by atoms with Crippen LogP contribution in [0.2, 0.25) is 0 Å². The van der Waals surface area contributed by atoms with Gasteiger partial charge in [-0.25, -0.2) is 4.98 Å². The van der Waals surface area contributed by atoms with Crippen molar-refractivity contribution in [1.82, 2.24) is 20.1 Å². The lowest BCUT2D eigenvalue weighted by atomic mass is 10.3. The van der Waals surface area contributed by atoms with Crippen molar-refractivity contribution in [3.8, 4) is 0 Å². The SMILES string of the molecule is COCc1nc(CN(C)C)sc1C(=O)N1CCNCC1. The number of ether oxygens (including phenoxy) is 1. The van der Waals surface area contributed by atoms with Gasteiger partial charge in [0.25, 0.3) is 5.91 Å². The predicted octanol–water partition coefficient (Wildman–Crippen LogP) is 0.397. The summed E-state index contributed by atoms with van der Waals surface area (Å²) >= 11 is 1.49. The minimum absolute atomic E-state index is 0.0843. The highest BCUT2D eigenvalue weighted by atomic mass is 32.1. The molecule has 6 nitrogen and oxygen atoms in total. The average Bonchev–Trinajstić information content (AvgIpc) is 2.81. The molecule has 2 heterocycles. The van der Waals surface area contributed by atoms with Gasteiger partial charge in [0.1, 0.15) is 9.88 Å². The molecule has 0 radical (unpaired) electrons. The molecule has 0 atom stereocenters. The highest BCUT2D eigenvalue weighted by Crippen LogP contribution is 2.22. The second-order valence-electron chi connectivity index (χ2n) is 5.10. The smallest absolute Gasteiger partial charge is 0.266 e. The zero-order valence-electron chi connectivity index (χ0n) is 12.3. The molecular weight excluding hydrogens is 276 g/mol. The van der Waals surface area contributed by atoms with Gasteiger partial charge in [-0.1, -0.05) is 0 Å². The van der Waals surface area contributed by atoms with Crippen molar-refractivity contribution >= 4 is 17.2 Å². The van der Waals surface area contributed by atoms with Gasteiger partial charge in [-0.2, -0.15) is 0 Å². The monoisotopic (exact) mass is 298 g/mol. The lowest BCUT2D eigenvalue weighted by Gasteiger charge is -2.27. The molecule has 1 aliphatic rings. The molecule has 1 aromatic rings. The van der Waals surface area contributed by atoms with Crippen molar-refractivity contribution in [3.05, 3.63) is 15.6 Å². The second kappa shape index (κ2) is 7.12. The van der Waals surface area contributed by atoms with Gasteiger partial charge < -0.3 is 19.9 Å². The van der Waals surface area contributed by atoms with E-state index in [-0.39, 0.29) is 5.91 Å². The van der Waals surface area contributed by atoms with Crippen LogP contribution >= 0.6 is 11.3 Å². The van der Waals surface area contributed by atoms with Crippen molar-refractivity contribution in [1.29, 1.82) is 0 Å². The number of nitrogens with zero attached hydrogens (tertiary/aromatic N) is 3. The molecule has 2 rings (SSSR count). The molecule has 0 aromatic carbocycles. The molecule has 112 valence electrons. The van der Waals surface area contributed by atoms with Crippen LogP contribution in [0.15, 0.2) is 0 Å². The van der Waals surface area contributed by atoms with Crippen molar-refractivity contribution in [2.24, 2.45) is 0 Å². The molecule has 1 saturated heterocycles. The summed E-state index contributed by atoms with van der Waals surface area (Å²) in [7, 11) is 5.62. The van der Waals surface area contributed by atoms with Crippen LogP contribution in [0.4, 0.5) is 0 Å². The van der Waals surface area contributed by atoms with Crippen LogP contribution < -0.4 is 5.32 Å². The molecule has 0 spiro atoms. The minimum Gasteiger partial charge on any atom is -0.378 e. The maximum absolute atomic E-state index is 12.6. The van der Waals surface area contributed by atoms with E-state index in [9.17, 15) is 4.79 Å². The van der Waals surface area contributed by atoms with Gasteiger partial charge in [-0.05, 0) is 14.1 Å². The summed E-state index contributed by atoms with van der Waals surface area (Å²) in [6.07, 6.45) is 0. The molecule has 1 aliphatic heterocycles. The van der Waals surface area contributed by atoms with Crippen molar-refractivity contribution in [2.75, 3.05) is 47.4 Å². The van der Waals surface area contributed by atoms with E-state index in [4.69, 9.17) is 4.74 Å². The van der Waals surface area contributed by atoms with Gasteiger partial charge in [0.05, 0.1) is 12.3 Å². The maximum atomic E-state index is 12.6. The fraction of sp³-hybridized carbons (Fsp3) is 0.692. The summed E-state index contributed by atoms with van der Waals surface area (Å²) in [6.45, 7) is 4.36. The van der Waals surface area contributed by atoms with E-state index in [1.165, 1.54) is 11.3 Å². The Kier molecular flexibility index (Phi) is 5.47.